The number of carboxylic acid groups (broad SMARTS) is 1. The first-order valence-corrected chi connectivity index (χ1v) is 20.3. The molecule has 18 heteroatoms. The van der Waals surface area contributed by atoms with Crippen molar-refractivity contribution in [2.24, 2.45) is 0 Å². The van der Waals surface area contributed by atoms with Crippen LogP contribution < -0.4 is 113 Å². The predicted octanol–water partition coefficient (Wildman–Crippen LogP) is -0.864. The number of allylic oxidation sites excluding steroid dienone is 8. The molecule has 2 aromatic rings. The van der Waals surface area contributed by atoms with Crippen molar-refractivity contribution in [1.82, 2.24) is 0 Å². The molecule has 0 saturated heterocycles. The summed E-state index contributed by atoms with van der Waals surface area (Å²) < 4.78 is 75.9. The number of benzene rings is 2. The van der Waals surface area contributed by atoms with Crippen molar-refractivity contribution < 1.29 is 158 Å². The van der Waals surface area contributed by atoms with E-state index in [0.717, 1.165) is 40.4 Å². The SMILES string of the molecule is CC1(C)C(/C=C/C=C/C=C/C=C2/N(CCCCCC(=O)O)c3ccc(S(=O)(=O)[O-])cc3C2(C)C)=[N+](CCCS(=O)(=O)[O-])c2ccc(SOO[O-])cc21.[K+].[K+]. The van der Waals surface area contributed by atoms with E-state index in [4.69, 9.17) is 5.11 Å². The molecule has 0 saturated carbocycles. The summed E-state index contributed by atoms with van der Waals surface area (Å²) in [5, 5.41) is 22.8. The summed E-state index contributed by atoms with van der Waals surface area (Å²) in [7, 11) is -9.04. The molecule has 0 aromatic heterocycles. The second-order valence-electron chi connectivity index (χ2n) is 13.5. The van der Waals surface area contributed by atoms with Crippen molar-refractivity contribution in [2.75, 3.05) is 23.7 Å². The number of unbranched alkanes of at least 4 members (excludes halogenated alkanes) is 2. The fraction of sp³-hybridized carbons (Fsp3) is 0.389. The standard InChI is InChI=1S/C36H44N2O11S3.2K/c1-35(2)28-24-26(50-49-48-41)17-19-30(28)38(22-13-23-51(42,43)44)32(35)14-9-6-5-7-10-15-33-36(3,4)29-25-27(52(45,46)47)18-20-31(29)37(33)21-12-8-11-16-34(39)40;;/h5-7,9-10,14-15,17-20,24-25H,8,11-13,16,21-23H2,1-4H3,(H3-,39,40,41,42,43,44,45,46,47);;/q;2*+1/p-2. The largest absolute Gasteiger partial charge is 1.00 e. The van der Waals surface area contributed by atoms with Crippen LogP contribution in [0.2, 0.25) is 0 Å². The second-order valence-corrected chi connectivity index (χ2v) is 17.1. The molecular formula is C36H42K2N2O11S3. The van der Waals surface area contributed by atoms with Crippen LogP contribution in [-0.4, -0.2) is 66.1 Å². The summed E-state index contributed by atoms with van der Waals surface area (Å²) in [6.45, 7) is 8.81. The number of carboxylic acids is 1. The van der Waals surface area contributed by atoms with Gasteiger partial charge in [-0.05, 0) is 68.7 Å². The van der Waals surface area contributed by atoms with Crippen molar-refractivity contribution in [2.45, 2.75) is 80.4 Å². The molecule has 1 N–H and O–H groups in total. The van der Waals surface area contributed by atoms with Crippen LogP contribution in [0.4, 0.5) is 11.4 Å². The Morgan fingerprint density at radius 3 is 2.22 bits per heavy atom. The molecule has 2 heterocycles. The molecule has 2 aliphatic rings. The Kier molecular flexibility index (Phi) is 19.9. The summed E-state index contributed by atoms with van der Waals surface area (Å²) in [5.41, 5.74) is 3.85. The first kappa shape index (κ1) is 49.8. The van der Waals surface area contributed by atoms with E-state index in [1.807, 2.05) is 86.9 Å². The normalized spacial score (nSPS) is 17.0. The molecule has 4 rings (SSSR count). The molecule has 0 aliphatic carbocycles. The van der Waals surface area contributed by atoms with E-state index in [1.165, 1.54) is 12.1 Å². The quantitative estimate of drug-likeness (QED) is 0.0284. The van der Waals surface area contributed by atoms with Crippen LogP contribution in [0.5, 0.6) is 0 Å². The number of aliphatic carboxylic acids is 1. The molecule has 0 amide bonds. The van der Waals surface area contributed by atoms with Gasteiger partial charge in [-0.1, -0.05) is 50.6 Å². The van der Waals surface area contributed by atoms with E-state index in [-0.39, 0.29) is 127 Å². The Balaban J connectivity index is 0.00000504. The number of hydrogen-bond acceptors (Lipinski definition) is 12. The summed E-state index contributed by atoms with van der Waals surface area (Å²) in [6.07, 6.45) is 15.2. The van der Waals surface area contributed by atoms with Gasteiger partial charge in [-0.15, -0.1) is 0 Å². The van der Waals surface area contributed by atoms with Crippen molar-refractivity contribution in [3.8, 4) is 0 Å². The maximum Gasteiger partial charge on any atom is 1.00 e. The van der Waals surface area contributed by atoms with Gasteiger partial charge in [0.2, 0.25) is 5.69 Å². The number of carbonyl (C=O) groups is 1. The molecule has 0 unspecified atom stereocenters. The summed E-state index contributed by atoms with van der Waals surface area (Å²) in [6, 6.07) is 9.85. The van der Waals surface area contributed by atoms with E-state index in [1.54, 1.807) is 12.1 Å². The van der Waals surface area contributed by atoms with Crippen LogP contribution in [0, 0.1) is 0 Å². The predicted molar refractivity (Wildman–Crippen MR) is 193 cm³/mol. The minimum atomic E-state index is -4.66. The second kappa shape index (κ2) is 21.6. The van der Waals surface area contributed by atoms with Gasteiger partial charge >= 0.3 is 109 Å². The molecule has 0 atom stereocenters. The third kappa shape index (κ3) is 13.1. The minimum Gasteiger partial charge on any atom is -0.748 e. The van der Waals surface area contributed by atoms with Crippen LogP contribution >= 0.6 is 12.0 Å². The van der Waals surface area contributed by atoms with E-state index < -0.39 is 42.8 Å². The van der Waals surface area contributed by atoms with E-state index in [9.17, 15) is 36.0 Å². The van der Waals surface area contributed by atoms with Gasteiger partial charge in [-0.25, -0.2) is 16.8 Å². The third-order valence-corrected chi connectivity index (χ3v) is 11.4. The zero-order valence-electron chi connectivity index (χ0n) is 31.3. The van der Waals surface area contributed by atoms with Gasteiger partial charge in [0.05, 0.1) is 32.5 Å². The summed E-state index contributed by atoms with van der Waals surface area (Å²) in [5.74, 6) is -1.34. The van der Waals surface area contributed by atoms with Gasteiger partial charge in [0.25, 0.3) is 0 Å². The van der Waals surface area contributed by atoms with E-state index in [2.05, 4.69) is 14.3 Å². The van der Waals surface area contributed by atoms with E-state index in [0.29, 0.717) is 36.3 Å². The van der Waals surface area contributed by atoms with Gasteiger partial charge in [0.1, 0.15) is 16.7 Å². The van der Waals surface area contributed by atoms with Crippen LogP contribution in [0.1, 0.15) is 70.9 Å². The van der Waals surface area contributed by atoms with Crippen LogP contribution in [0.25, 0.3) is 0 Å². The van der Waals surface area contributed by atoms with Gasteiger partial charge in [0, 0.05) is 64.5 Å². The van der Waals surface area contributed by atoms with Gasteiger partial charge in [-0.2, -0.15) is 8.91 Å². The number of hydrogen-bond donors (Lipinski definition) is 1. The smallest absolute Gasteiger partial charge is 0.748 e. The number of nitrogens with zero attached hydrogens (tertiary/aromatic N) is 2. The number of fused-ring (bicyclic) bond motifs is 2. The van der Waals surface area contributed by atoms with Crippen molar-refractivity contribution in [1.29, 1.82) is 0 Å². The molecule has 13 nitrogen and oxygen atoms in total. The van der Waals surface area contributed by atoms with Crippen LogP contribution in [0.3, 0.4) is 0 Å². The Bertz CT molecular complexity index is 2040. The number of anilines is 1. The Morgan fingerprint density at radius 1 is 0.889 bits per heavy atom. The molecule has 0 fully saturated rings. The molecule has 2 aliphatic heterocycles. The van der Waals surface area contributed by atoms with Crippen molar-refractivity contribution >= 4 is 55.3 Å². The summed E-state index contributed by atoms with van der Waals surface area (Å²) >= 11 is 0.770. The Morgan fingerprint density at radius 2 is 1.57 bits per heavy atom. The first-order chi connectivity index (χ1) is 24.4. The zero-order valence-corrected chi connectivity index (χ0v) is 40.0. The molecule has 2 aromatic carbocycles. The van der Waals surface area contributed by atoms with E-state index >= 15 is 0 Å². The zero-order chi connectivity index (χ0) is 38.3. The van der Waals surface area contributed by atoms with Crippen LogP contribution in [0.15, 0.2) is 94.4 Å². The van der Waals surface area contributed by atoms with Crippen molar-refractivity contribution in [3.05, 3.63) is 95.8 Å². The third-order valence-electron chi connectivity index (χ3n) is 9.17. The summed E-state index contributed by atoms with van der Waals surface area (Å²) in [4.78, 5) is 13.4. The monoisotopic (exact) mass is 852 g/mol. The average molecular weight is 853 g/mol. The minimum absolute atomic E-state index is 0. The Labute approximate surface area is 407 Å². The van der Waals surface area contributed by atoms with Gasteiger partial charge in [-0.3, -0.25) is 9.83 Å². The fourth-order valence-electron chi connectivity index (χ4n) is 6.66. The molecule has 54 heavy (non-hydrogen) atoms. The molecular weight excluding hydrogens is 811 g/mol. The molecule has 0 bridgehead atoms. The maximum atomic E-state index is 11.8. The maximum absolute atomic E-state index is 11.8. The molecule has 282 valence electrons. The topological polar surface area (TPSA) is 199 Å². The molecule has 0 radical (unpaired) electrons. The van der Waals surface area contributed by atoms with Crippen molar-refractivity contribution in [3.63, 3.8) is 0 Å². The van der Waals surface area contributed by atoms with Crippen LogP contribution in [-0.2, 0) is 45.2 Å². The Hall–Kier alpha value is -0.337. The first-order valence-electron chi connectivity index (χ1n) is 16.6. The molecule has 0 spiro atoms. The fourth-order valence-corrected chi connectivity index (χ4v) is 8.04. The average Bonchev–Trinajstić information content (AvgIpc) is 3.39. The number of rotatable bonds is 18. The van der Waals surface area contributed by atoms with Gasteiger partial charge in [0.15, 0.2) is 5.71 Å². The van der Waals surface area contributed by atoms with Gasteiger partial charge < -0.3 is 24.4 Å².